The maximum Gasteiger partial charge on any atom is 0.0762 e. The standard InChI is InChI=1S/C16H28N4/c1-2-19-9-7-14(13-19)11-17-12-15-8-10-20(18-15)16-5-3-4-6-16/h8,10,14,16-17H,2-7,9,11-13H2,1H3. The van der Waals surface area contributed by atoms with E-state index < -0.39 is 0 Å². The Morgan fingerprint density at radius 3 is 2.90 bits per heavy atom. The van der Waals surface area contributed by atoms with Gasteiger partial charge in [-0.25, -0.2) is 0 Å². The fraction of sp³-hybridized carbons (Fsp3) is 0.812. The van der Waals surface area contributed by atoms with Gasteiger partial charge in [-0.1, -0.05) is 19.8 Å². The van der Waals surface area contributed by atoms with Crippen molar-refractivity contribution in [1.29, 1.82) is 0 Å². The van der Waals surface area contributed by atoms with Crippen LogP contribution in [0.15, 0.2) is 12.3 Å². The van der Waals surface area contributed by atoms with E-state index in [1.165, 1.54) is 57.4 Å². The van der Waals surface area contributed by atoms with Crippen LogP contribution in [0.3, 0.4) is 0 Å². The third-order valence-corrected chi connectivity index (χ3v) is 4.92. The van der Waals surface area contributed by atoms with Gasteiger partial charge in [0.15, 0.2) is 0 Å². The molecule has 3 rings (SSSR count). The molecule has 1 saturated carbocycles. The van der Waals surface area contributed by atoms with Gasteiger partial charge in [0.1, 0.15) is 0 Å². The molecule has 1 aromatic heterocycles. The molecule has 4 heteroatoms. The van der Waals surface area contributed by atoms with Gasteiger partial charge in [0.05, 0.1) is 11.7 Å². The summed E-state index contributed by atoms with van der Waals surface area (Å²) in [7, 11) is 0. The van der Waals surface area contributed by atoms with Gasteiger partial charge in [-0.3, -0.25) is 4.68 Å². The van der Waals surface area contributed by atoms with Crippen LogP contribution in [0.4, 0.5) is 0 Å². The van der Waals surface area contributed by atoms with Gasteiger partial charge in [-0.05, 0) is 50.9 Å². The lowest BCUT2D eigenvalue weighted by Crippen LogP contribution is -2.26. The van der Waals surface area contributed by atoms with Crippen LogP contribution in [0.5, 0.6) is 0 Å². The van der Waals surface area contributed by atoms with E-state index in [0.29, 0.717) is 6.04 Å². The normalized spacial score (nSPS) is 24.8. The first kappa shape index (κ1) is 14.1. The molecule has 1 atom stereocenters. The molecular weight excluding hydrogens is 248 g/mol. The Balaban J connectivity index is 1.40. The zero-order chi connectivity index (χ0) is 13.8. The average molecular weight is 276 g/mol. The van der Waals surface area contributed by atoms with Crippen molar-refractivity contribution in [2.24, 2.45) is 5.92 Å². The second kappa shape index (κ2) is 6.72. The molecule has 0 aromatic carbocycles. The number of rotatable bonds is 6. The highest BCUT2D eigenvalue weighted by Gasteiger charge is 2.21. The van der Waals surface area contributed by atoms with Crippen molar-refractivity contribution < 1.29 is 0 Å². The van der Waals surface area contributed by atoms with Gasteiger partial charge in [-0.15, -0.1) is 0 Å². The van der Waals surface area contributed by atoms with E-state index in [-0.39, 0.29) is 0 Å². The molecule has 1 saturated heterocycles. The monoisotopic (exact) mass is 276 g/mol. The second-order valence-electron chi connectivity index (χ2n) is 6.40. The highest BCUT2D eigenvalue weighted by Crippen LogP contribution is 2.28. The Morgan fingerprint density at radius 1 is 1.30 bits per heavy atom. The summed E-state index contributed by atoms with van der Waals surface area (Å²) in [6.45, 7) is 8.04. The SMILES string of the molecule is CCN1CCC(CNCc2ccn(C3CCCC3)n2)C1. The molecule has 4 nitrogen and oxygen atoms in total. The minimum Gasteiger partial charge on any atom is -0.311 e. The Morgan fingerprint density at radius 2 is 2.15 bits per heavy atom. The molecule has 1 aliphatic carbocycles. The first-order chi connectivity index (χ1) is 9.85. The van der Waals surface area contributed by atoms with Crippen molar-refractivity contribution in [3.8, 4) is 0 Å². The molecule has 2 aliphatic rings. The molecule has 0 spiro atoms. The van der Waals surface area contributed by atoms with E-state index in [2.05, 4.69) is 34.1 Å². The minimum atomic E-state index is 0.664. The highest BCUT2D eigenvalue weighted by molar-refractivity contribution is 5.00. The van der Waals surface area contributed by atoms with Gasteiger partial charge < -0.3 is 10.2 Å². The summed E-state index contributed by atoms with van der Waals surface area (Å²) in [6.07, 6.45) is 8.87. The number of nitrogens with zero attached hydrogens (tertiary/aromatic N) is 3. The lowest BCUT2D eigenvalue weighted by molar-refractivity contribution is 0.338. The van der Waals surface area contributed by atoms with Crippen LogP contribution in [0.2, 0.25) is 0 Å². The summed E-state index contributed by atoms with van der Waals surface area (Å²) in [5, 5.41) is 8.32. The first-order valence-electron chi connectivity index (χ1n) is 8.32. The number of hydrogen-bond donors (Lipinski definition) is 1. The fourth-order valence-electron chi connectivity index (χ4n) is 3.61. The number of hydrogen-bond acceptors (Lipinski definition) is 3. The number of nitrogens with one attached hydrogen (secondary N) is 1. The molecule has 1 unspecified atom stereocenters. The molecule has 2 fully saturated rings. The zero-order valence-corrected chi connectivity index (χ0v) is 12.7. The average Bonchev–Trinajstić information content (AvgIpc) is 3.20. The first-order valence-corrected chi connectivity index (χ1v) is 8.32. The molecule has 1 N–H and O–H groups in total. The second-order valence-corrected chi connectivity index (χ2v) is 6.40. The van der Waals surface area contributed by atoms with Gasteiger partial charge in [0.25, 0.3) is 0 Å². The Kier molecular flexibility index (Phi) is 4.73. The Bertz CT molecular complexity index is 408. The molecule has 2 heterocycles. The van der Waals surface area contributed by atoms with E-state index >= 15 is 0 Å². The topological polar surface area (TPSA) is 33.1 Å². The van der Waals surface area contributed by atoms with Gasteiger partial charge in [-0.2, -0.15) is 5.10 Å². The predicted octanol–water partition coefficient (Wildman–Crippen LogP) is 2.43. The molecule has 0 amide bonds. The zero-order valence-electron chi connectivity index (χ0n) is 12.7. The van der Waals surface area contributed by atoms with Gasteiger partial charge in [0.2, 0.25) is 0 Å². The highest BCUT2D eigenvalue weighted by atomic mass is 15.3. The molecule has 1 aromatic rings. The number of likely N-dealkylation sites (tertiary alicyclic amines) is 1. The predicted molar refractivity (Wildman–Crippen MR) is 81.7 cm³/mol. The fourth-order valence-corrected chi connectivity index (χ4v) is 3.61. The van der Waals surface area contributed by atoms with E-state index in [1.807, 2.05) is 0 Å². The van der Waals surface area contributed by atoms with Crippen molar-refractivity contribution in [1.82, 2.24) is 20.0 Å². The van der Waals surface area contributed by atoms with Crippen LogP contribution in [-0.4, -0.2) is 40.9 Å². The largest absolute Gasteiger partial charge is 0.311 e. The van der Waals surface area contributed by atoms with Gasteiger partial charge >= 0.3 is 0 Å². The summed E-state index contributed by atoms with van der Waals surface area (Å²) >= 11 is 0. The molecule has 20 heavy (non-hydrogen) atoms. The van der Waals surface area contributed by atoms with Crippen LogP contribution in [0, 0.1) is 5.92 Å². The summed E-state index contributed by atoms with van der Waals surface area (Å²) in [6, 6.07) is 2.84. The minimum absolute atomic E-state index is 0.664. The molecule has 112 valence electrons. The van der Waals surface area contributed by atoms with E-state index in [4.69, 9.17) is 5.10 Å². The Labute approximate surface area is 122 Å². The van der Waals surface area contributed by atoms with Gasteiger partial charge in [0, 0.05) is 19.3 Å². The van der Waals surface area contributed by atoms with Crippen molar-refractivity contribution in [2.45, 2.75) is 51.6 Å². The van der Waals surface area contributed by atoms with Crippen LogP contribution in [0.25, 0.3) is 0 Å². The van der Waals surface area contributed by atoms with Crippen molar-refractivity contribution in [3.05, 3.63) is 18.0 Å². The van der Waals surface area contributed by atoms with Crippen LogP contribution in [-0.2, 0) is 6.54 Å². The lowest BCUT2D eigenvalue weighted by Gasteiger charge is -2.13. The number of aromatic nitrogens is 2. The summed E-state index contributed by atoms with van der Waals surface area (Å²) in [5.41, 5.74) is 1.20. The maximum atomic E-state index is 4.73. The van der Waals surface area contributed by atoms with Crippen molar-refractivity contribution in [2.75, 3.05) is 26.2 Å². The van der Waals surface area contributed by atoms with E-state index in [0.717, 1.165) is 19.0 Å². The van der Waals surface area contributed by atoms with Crippen molar-refractivity contribution in [3.63, 3.8) is 0 Å². The summed E-state index contributed by atoms with van der Waals surface area (Å²) < 4.78 is 2.19. The van der Waals surface area contributed by atoms with E-state index in [1.54, 1.807) is 0 Å². The lowest BCUT2D eigenvalue weighted by atomic mass is 10.1. The van der Waals surface area contributed by atoms with Crippen LogP contribution >= 0.6 is 0 Å². The molecule has 0 bridgehead atoms. The summed E-state index contributed by atoms with van der Waals surface area (Å²) in [4.78, 5) is 2.54. The Hall–Kier alpha value is -0.870. The van der Waals surface area contributed by atoms with Crippen LogP contribution in [0.1, 0.15) is 50.8 Å². The van der Waals surface area contributed by atoms with Crippen molar-refractivity contribution >= 4 is 0 Å². The molecular formula is C16H28N4. The summed E-state index contributed by atoms with van der Waals surface area (Å²) in [5.74, 6) is 0.826. The third-order valence-electron chi connectivity index (χ3n) is 4.92. The quantitative estimate of drug-likeness (QED) is 0.866. The van der Waals surface area contributed by atoms with E-state index in [9.17, 15) is 0 Å². The molecule has 1 aliphatic heterocycles. The smallest absolute Gasteiger partial charge is 0.0762 e. The molecule has 0 radical (unpaired) electrons. The van der Waals surface area contributed by atoms with Crippen LogP contribution < -0.4 is 5.32 Å². The maximum absolute atomic E-state index is 4.73. The third kappa shape index (κ3) is 3.41.